The molecular weight excluding hydrogens is 414 g/mol. The molecule has 7 nitrogen and oxygen atoms in total. The third-order valence-electron chi connectivity index (χ3n) is 3.62. The molecule has 2 rings (SSSR count). The van der Waals surface area contributed by atoms with Crippen LogP contribution in [0.5, 0.6) is 0 Å². The number of nitrogens with zero attached hydrogens (tertiary/aromatic N) is 2. The van der Waals surface area contributed by atoms with Crippen LogP contribution in [0.15, 0.2) is 27.2 Å². The van der Waals surface area contributed by atoms with E-state index in [0.717, 1.165) is 10.9 Å². The molecule has 1 heterocycles. The molecule has 0 bridgehead atoms. The second-order valence-electron chi connectivity index (χ2n) is 7.14. The Morgan fingerprint density at radius 3 is 2.67 bits per heavy atom. The van der Waals surface area contributed by atoms with Crippen molar-refractivity contribution < 1.29 is 18.8 Å². The van der Waals surface area contributed by atoms with E-state index < -0.39 is 5.97 Å². The van der Waals surface area contributed by atoms with Crippen LogP contribution in [0.1, 0.15) is 62.6 Å². The molecule has 146 valence electrons. The topological polar surface area (TPSA) is 94.3 Å². The van der Waals surface area contributed by atoms with Crippen LogP contribution in [0.2, 0.25) is 0 Å². The number of hydrogen-bond acceptors (Lipinski definition) is 6. The van der Waals surface area contributed by atoms with Gasteiger partial charge in [0, 0.05) is 22.7 Å². The number of amides is 1. The van der Waals surface area contributed by atoms with E-state index >= 15 is 0 Å². The highest BCUT2D eigenvalue weighted by atomic mass is 79.9. The molecule has 8 heteroatoms. The van der Waals surface area contributed by atoms with Gasteiger partial charge < -0.3 is 14.6 Å². The fourth-order valence-electron chi connectivity index (χ4n) is 2.16. The molecule has 1 aromatic carbocycles. The Labute approximate surface area is 167 Å². The van der Waals surface area contributed by atoms with Gasteiger partial charge in [0.25, 0.3) is 0 Å². The van der Waals surface area contributed by atoms with Crippen molar-refractivity contribution in [2.45, 2.75) is 52.4 Å². The molecule has 0 aliphatic carbocycles. The van der Waals surface area contributed by atoms with Gasteiger partial charge in [-0.25, -0.2) is 4.79 Å². The van der Waals surface area contributed by atoms with Crippen LogP contribution in [-0.2, 0) is 21.4 Å². The van der Waals surface area contributed by atoms with E-state index in [1.807, 2.05) is 27.7 Å². The number of hydrogen-bond donors (Lipinski definition) is 1. The average molecular weight is 438 g/mol. The van der Waals surface area contributed by atoms with Crippen molar-refractivity contribution >= 4 is 33.5 Å². The van der Waals surface area contributed by atoms with Crippen LogP contribution in [0.25, 0.3) is 0 Å². The van der Waals surface area contributed by atoms with Gasteiger partial charge in [-0.2, -0.15) is 4.98 Å². The van der Waals surface area contributed by atoms with E-state index in [1.165, 1.54) is 0 Å². The zero-order chi connectivity index (χ0) is 20.0. The van der Waals surface area contributed by atoms with Gasteiger partial charge in [0.2, 0.25) is 11.8 Å². The number of nitrogens with one attached hydrogen (secondary N) is 1. The summed E-state index contributed by atoms with van der Waals surface area (Å²) in [6, 6.07) is 5.04. The maximum Gasteiger partial charge on any atom is 0.340 e. The molecule has 1 N–H and O–H groups in total. The predicted octanol–water partition coefficient (Wildman–Crippen LogP) is 4.27. The lowest BCUT2D eigenvalue weighted by molar-refractivity contribution is -0.116. The normalized spacial score (nSPS) is 11.3. The Morgan fingerprint density at radius 2 is 2.04 bits per heavy atom. The van der Waals surface area contributed by atoms with Crippen LogP contribution < -0.4 is 5.32 Å². The first-order chi connectivity index (χ1) is 12.7. The number of anilines is 1. The number of aromatic nitrogens is 2. The molecule has 0 spiro atoms. The minimum Gasteiger partial charge on any atom is -0.462 e. The summed E-state index contributed by atoms with van der Waals surface area (Å²) in [5, 5.41) is 6.69. The SMILES string of the molecule is CCCOC(=O)c1cc(Br)ccc1NC(=O)CCc1nc(C(C)(C)C)no1. The molecule has 0 atom stereocenters. The summed E-state index contributed by atoms with van der Waals surface area (Å²) in [6.45, 7) is 8.20. The molecule has 0 radical (unpaired) electrons. The van der Waals surface area contributed by atoms with Crippen LogP contribution in [0.4, 0.5) is 5.69 Å². The van der Waals surface area contributed by atoms with E-state index in [4.69, 9.17) is 9.26 Å². The van der Waals surface area contributed by atoms with Gasteiger partial charge in [-0.1, -0.05) is 48.8 Å². The lowest BCUT2D eigenvalue weighted by Gasteiger charge is -2.11. The summed E-state index contributed by atoms with van der Waals surface area (Å²) in [6.07, 6.45) is 1.20. The Balaban J connectivity index is 2.01. The Kier molecular flexibility index (Phi) is 7.12. The maximum atomic E-state index is 12.3. The summed E-state index contributed by atoms with van der Waals surface area (Å²) in [5.41, 5.74) is 0.499. The van der Waals surface area contributed by atoms with Crippen molar-refractivity contribution in [2.75, 3.05) is 11.9 Å². The summed E-state index contributed by atoms with van der Waals surface area (Å²) < 4.78 is 11.1. The van der Waals surface area contributed by atoms with Crippen LogP contribution in [0, 0.1) is 0 Å². The van der Waals surface area contributed by atoms with Gasteiger partial charge in [0.05, 0.1) is 17.9 Å². The monoisotopic (exact) mass is 437 g/mol. The molecule has 0 saturated heterocycles. The molecule has 1 amide bonds. The van der Waals surface area contributed by atoms with E-state index in [0.29, 0.717) is 36.0 Å². The zero-order valence-electron chi connectivity index (χ0n) is 16.0. The molecule has 0 aliphatic heterocycles. The summed E-state index contributed by atoms with van der Waals surface area (Å²) in [4.78, 5) is 28.8. The standard InChI is InChI=1S/C19H24BrN3O4/c1-5-10-26-17(25)13-11-12(20)6-7-14(13)21-15(24)8-9-16-22-18(23-27-16)19(2,3)4/h6-7,11H,5,8-10H2,1-4H3,(H,21,24). The van der Waals surface area contributed by atoms with Crippen molar-refractivity contribution in [3.63, 3.8) is 0 Å². The lowest BCUT2D eigenvalue weighted by atomic mass is 9.96. The van der Waals surface area contributed by atoms with Crippen molar-refractivity contribution in [1.29, 1.82) is 0 Å². The van der Waals surface area contributed by atoms with Gasteiger partial charge >= 0.3 is 5.97 Å². The highest BCUT2D eigenvalue weighted by Gasteiger charge is 2.21. The highest BCUT2D eigenvalue weighted by molar-refractivity contribution is 9.10. The fourth-order valence-corrected chi connectivity index (χ4v) is 2.52. The second-order valence-corrected chi connectivity index (χ2v) is 8.05. The lowest BCUT2D eigenvalue weighted by Crippen LogP contribution is -2.17. The van der Waals surface area contributed by atoms with Gasteiger partial charge in [-0.05, 0) is 24.6 Å². The summed E-state index contributed by atoms with van der Waals surface area (Å²) in [5.74, 6) is 0.290. The molecule has 27 heavy (non-hydrogen) atoms. The quantitative estimate of drug-likeness (QED) is 0.649. The maximum absolute atomic E-state index is 12.3. The van der Waals surface area contributed by atoms with Crippen LogP contribution in [0.3, 0.4) is 0 Å². The predicted molar refractivity (Wildman–Crippen MR) is 105 cm³/mol. The first-order valence-electron chi connectivity index (χ1n) is 8.80. The molecule has 0 unspecified atom stereocenters. The van der Waals surface area contributed by atoms with Gasteiger partial charge in [-0.3, -0.25) is 4.79 Å². The minimum absolute atomic E-state index is 0.158. The number of carbonyl (C=O) groups excluding carboxylic acids is 2. The zero-order valence-corrected chi connectivity index (χ0v) is 17.6. The smallest absolute Gasteiger partial charge is 0.340 e. The molecule has 0 saturated carbocycles. The van der Waals surface area contributed by atoms with E-state index in [1.54, 1.807) is 18.2 Å². The van der Waals surface area contributed by atoms with Crippen LogP contribution >= 0.6 is 15.9 Å². The Hall–Kier alpha value is -2.22. The summed E-state index contributed by atoms with van der Waals surface area (Å²) in [7, 11) is 0. The van der Waals surface area contributed by atoms with Crippen molar-refractivity contribution in [1.82, 2.24) is 10.1 Å². The van der Waals surface area contributed by atoms with E-state index in [2.05, 4.69) is 31.4 Å². The number of halogens is 1. The largest absolute Gasteiger partial charge is 0.462 e. The van der Waals surface area contributed by atoms with E-state index in [9.17, 15) is 9.59 Å². The first-order valence-corrected chi connectivity index (χ1v) is 9.59. The van der Waals surface area contributed by atoms with E-state index in [-0.39, 0.29) is 17.7 Å². The minimum atomic E-state index is -0.472. The Morgan fingerprint density at radius 1 is 1.30 bits per heavy atom. The van der Waals surface area contributed by atoms with Crippen molar-refractivity contribution in [3.8, 4) is 0 Å². The second kappa shape index (κ2) is 9.12. The van der Waals surface area contributed by atoms with Crippen molar-refractivity contribution in [2.24, 2.45) is 0 Å². The fraction of sp³-hybridized carbons (Fsp3) is 0.474. The molecule has 2 aromatic rings. The highest BCUT2D eigenvalue weighted by Crippen LogP contribution is 2.23. The summed E-state index contributed by atoms with van der Waals surface area (Å²) >= 11 is 3.33. The molecular formula is C19H24BrN3O4. The van der Waals surface area contributed by atoms with Gasteiger partial charge in [-0.15, -0.1) is 0 Å². The third-order valence-corrected chi connectivity index (χ3v) is 4.11. The first kappa shape index (κ1) is 21.1. The number of rotatable bonds is 7. The molecule has 0 fully saturated rings. The number of aryl methyl sites for hydroxylation is 1. The van der Waals surface area contributed by atoms with Gasteiger partial charge in [0.1, 0.15) is 0 Å². The number of carbonyl (C=O) groups is 2. The third kappa shape index (κ3) is 6.16. The van der Waals surface area contributed by atoms with Crippen molar-refractivity contribution in [3.05, 3.63) is 40.0 Å². The molecule has 0 aliphatic rings. The van der Waals surface area contributed by atoms with Gasteiger partial charge in [0.15, 0.2) is 5.82 Å². The molecule has 1 aromatic heterocycles. The number of benzene rings is 1. The Bertz CT molecular complexity index is 812. The number of esters is 1. The number of ether oxygens (including phenoxy) is 1. The average Bonchev–Trinajstić information content (AvgIpc) is 3.09. The van der Waals surface area contributed by atoms with Crippen LogP contribution in [-0.4, -0.2) is 28.6 Å².